The van der Waals surface area contributed by atoms with Crippen molar-refractivity contribution in [2.45, 2.75) is 18.7 Å². The molecule has 1 heterocycles. The first-order chi connectivity index (χ1) is 12.5. The van der Waals surface area contributed by atoms with Gasteiger partial charge in [0.05, 0.1) is 13.2 Å². The molecule has 6 nitrogen and oxygen atoms in total. The van der Waals surface area contributed by atoms with Gasteiger partial charge >= 0.3 is 7.60 Å². The average molecular weight is 375 g/mol. The van der Waals surface area contributed by atoms with Gasteiger partial charge in [-0.1, -0.05) is 30.3 Å². The number of hydrogen-bond donors (Lipinski definition) is 0. The Bertz CT molecular complexity index is 843. The summed E-state index contributed by atoms with van der Waals surface area (Å²) >= 11 is 0. The van der Waals surface area contributed by atoms with Gasteiger partial charge in [-0.2, -0.15) is 0 Å². The normalized spacial score (nSPS) is 17.9. The number of ether oxygens (including phenoxy) is 1. The quantitative estimate of drug-likeness (QED) is 0.701. The maximum absolute atomic E-state index is 13.2. The van der Waals surface area contributed by atoms with Crippen molar-refractivity contribution in [1.29, 1.82) is 0 Å². The summed E-state index contributed by atoms with van der Waals surface area (Å²) < 4.78 is 28.9. The first-order valence-corrected chi connectivity index (χ1v) is 9.84. The highest BCUT2D eigenvalue weighted by Crippen LogP contribution is 2.65. The molecule has 0 unspecified atom stereocenters. The van der Waals surface area contributed by atoms with Gasteiger partial charge in [-0.05, 0) is 36.2 Å². The van der Waals surface area contributed by atoms with Gasteiger partial charge in [-0.15, -0.1) is 0 Å². The third kappa shape index (κ3) is 2.94. The molecule has 0 fully saturated rings. The molecule has 1 aliphatic heterocycles. The van der Waals surface area contributed by atoms with Crippen LogP contribution in [0.15, 0.2) is 48.5 Å². The zero-order valence-electron chi connectivity index (χ0n) is 15.2. The summed E-state index contributed by atoms with van der Waals surface area (Å²) in [7, 11) is 0.714. The second kappa shape index (κ2) is 7.23. The Hall–Kier alpha value is -2.14. The fraction of sp³-hybridized carbons (Fsp3) is 0.316. The van der Waals surface area contributed by atoms with Crippen LogP contribution in [-0.2, 0) is 13.6 Å². The van der Waals surface area contributed by atoms with Gasteiger partial charge < -0.3 is 18.7 Å². The van der Waals surface area contributed by atoms with Gasteiger partial charge in [-0.3, -0.25) is 9.36 Å². The molecule has 0 saturated heterocycles. The third-order valence-electron chi connectivity index (χ3n) is 4.79. The van der Waals surface area contributed by atoms with E-state index < -0.39 is 13.4 Å². The molecule has 7 heteroatoms. The Labute approximate surface area is 153 Å². The molecule has 2 aromatic rings. The second-order valence-corrected chi connectivity index (χ2v) is 8.33. The monoisotopic (exact) mass is 375 g/mol. The van der Waals surface area contributed by atoms with Gasteiger partial charge in [0.15, 0.2) is 5.78 Å². The molecule has 0 N–H and O–H groups in total. The Morgan fingerprint density at radius 2 is 1.62 bits per heavy atom. The van der Waals surface area contributed by atoms with Crippen LogP contribution in [0.4, 0.5) is 0 Å². The molecule has 138 valence electrons. The van der Waals surface area contributed by atoms with Crippen LogP contribution in [0.1, 0.15) is 40.2 Å². The van der Waals surface area contributed by atoms with E-state index in [4.69, 9.17) is 13.8 Å². The fourth-order valence-corrected chi connectivity index (χ4v) is 5.07. The Balaban J connectivity index is 2.08. The lowest BCUT2D eigenvalue weighted by Crippen LogP contribution is -2.31. The van der Waals surface area contributed by atoms with Crippen LogP contribution in [-0.4, -0.2) is 32.1 Å². The van der Waals surface area contributed by atoms with Gasteiger partial charge in [0.2, 0.25) is 0 Å². The van der Waals surface area contributed by atoms with Gasteiger partial charge in [-0.25, -0.2) is 0 Å². The third-order valence-corrected chi connectivity index (χ3v) is 6.94. The minimum Gasteiger partial charge on any atom is -0.497 e. The lowest BCUT2D eigenvalue weighted by Gasteiger charge is -2.34. The van der Waals surface area contributed by atoms with Crippen molar-refractivity contribution in [2.24, 2.45) is 0 Å². The van der Waals surface area contributed by atoms with Crippen molar-refractivity contribution in [3.05, 3.63) is 65.2 Å². The largest absolute Gasteiger partial charge is 0.497 e. The summed E-state index contributed by atoms with van der Waals surface area (Å²) in [5.41, 5.74) is 2.08. The van der Waals surface area contributed by atoms with Crippen LogP contribution in [0.5, 0.6) is 5.75 Å². The molecule has 0 spiro atoms. The van der Waals surface area contributed by atoms with E-state index in [0.717, 1.165) is 11.3 Å². The molecule has 2 atom stereocenters. The van der Waals surface area contributed by atoms with E-state index in [9.17, 15) is 9.36 Å². The molecule has 1 aliphatic rings. The van der Waals surface area contributed by atoms with Gasteiger partial charge in [0, 0.05) is 19.8 Å². The SMILES string of the molecule is COc1ccc([C@H](C)N2C(=O)c3ccccc3[C@H]2P(=O)(OC)OC)cc1. The predicted molar refractivity (Wildman–Crippen MR) is 98.4 cm³/mol. The molecular formula is C19H22NO5P. The fourth-order valence-electron chi connectivity index (χ4n) is 3.34. The second-order valence-electron chi connectivity index (χ2n) is 6.03. The number of carbonyl (C=O) groups excluding carboxylic acids is 1. The summed E-state index contributed by atoms with van der Waals surface area (Å²) in [5, 5.41) is 0. The predicted octanol–water partition coefficient (Wildman–Crippen LogP) is 4.40. The molecular weight excluding hydrogens is 353 g/mol. The maximum atomic E-state index is 13.2. The lowest BCUT2D eigenvalue weighted by molar-refractivity contribution is 0.0673. The van der Waals surface area contributed by atoms with Gasteiger partial charge in [0.1, 0.15) is 5.75 Å². The molecule has 0 aromatic heterocycles. The van der Waals surface area contributed by atoms with Crippen LogP contribution in [0.2, 0.25) is 0 Å². The number of benzene rings is 2. The van der Waals surface area contributed by atoms with Crippen LogP contribution < -0.4 is 4.74 Å². The number of amides is 1. The smallest absolute Gasteiger partial charge is 0.357 e. The summed E-state index contributed by atoms with van der Waals surface area (Å²) in [4.78, 5) is 14.7. The van der Waals surface area contributed by atoms with E-state index in [-0.39, 0.29) is 11.9 Å². The Morgan fingerprint density at radius 1 is 1.00 bits per heavy atom. The first kappa shape index (κ1) is 18.6. The topological polar surface area (TPSA) is 65.1 Å². The van der Waals surface area contributed by atoms with E-state index in [1.807, 2.05) is 37.3 Å². The molecule has 0 radical (unpaired) electrons. The van der Waals surface area contributed by atoms with E-state index >= 15 is 0 Å². The number of rotatable bonds is 6. The van der Waals surface area contributed by atoms with E-state index in [1.165, 1.54) is 14.2 Å². The van der Waals surface area contributed by atoms with E-state index in [1.54, 1.807) is 30.2 Å². The van der Waals surface area contributed by atoms with Gasteiger partial charge in [0.25, 0.3) is 5.91 Å². The summed E-state index contributed by atoms with van der Waals surface area (Å²) in [6.07, 6.45) is 0. The lowest BCUT2D eigenvalue weighted by atomic mass is 10.1. The van der Waals surface area contributed by atoms with Crippen molar-refractivity contribution in [2.75, 3.05) is 21.3 Å². The van der Waals surface area contributed by atoms with Crippen LogP contribution in [0, 0.1) is 0 Å². The van der Waals surface area contributed by atoms with E-state index in [2.05, 4.69) is 0 Å². The minimum absolute atomic E-state index is 0.191. The first-order valence-electron chi connectivity index (χ1n) is 8.23. The van der Waals surface area contributed by atoms with E-state index in [0.29, 0.717) is 11.1 Å². The number of carbonyl (C=O) groups is 1. The number of fused-ring (bicyclic) bond motifs is 1. The van der Waals surface area contributed by atoms with Crippen molar-refractivity contribution >= 4 is 13.5 Å². The van der Waals surface area contributed by atoms with Crippen LogP contribution >= 0.6 is 7.60 Å². The zero-order chi connectivity index (χ0) is 18.9. The molecule has 26 heavy (non-hydrogen) atoms. The summed E-state index contributed by atoms with van der Waals surface area (Å²) in [5.74, 6) is -0.255. The molecule has 0 saturated carbocycles. The summed E-state index contributed by atoms with van der Waals surface area (Å²) in [6, 6.07) is 14.3. The molecule has 1 amide bonds. The highest BCUT2D eigenvalue weighted by molar-refractivity contribution is 7.54. The molecule has 3 rings (SSSR count). The zero-order valence-corrected chi connectivity index (χ0v) is 16.1. The van der Waals surface area contributed by atoms with Crippen molar-refractivity contribution in [3.8, 4) is 5.75 Å². The number of methoxy groups -OCH3 is 1. The number of nitrogens with zero attached hydrogens (tertiary/aromatic N) is 1. The molecule has 0 bridgehead atoms. The Morgan fingerprint density at radius 3 is 2.19 bits per heavy atom. The van der Waals surface area contributed by atoms with Crippen molar-refractivity contribution < 1.29 is 23.1 Å². The van der Waals surface area contributed by atoms with Crippen LogP contribution in [0.25, 0.3) is 0 Å². The Kier molecular flexibility index (Phi) is 5.19. The van der Waals surface area contributed by atoms with Crippen molar-refractivity contribution in [1.82, 2.24) is 4.90 Å². The molecule has 0 aliphatic carbocycles. The highest BCUT2D eigenvalue weighted by atomic mass is 31.2. The summed E-state index contributed by atoms with van der Waals surface area (Å²) in [6.45, 7) is 1.90. The standard InChI is InChI=1S/C19H22NO5P/c1-13(14-9-11-15(23-2)12-10-14)20-18(21)16-7-5-6-8-17(16)19(20)26(22,24-3)25-4/h5-13,19H,1-4H3/t13-,19+/m0/s1. The average Bonchev–Trinajstić information content (AvgIpc) is 3.00. The minimum atomic E-state index is -3.56. The van der Waals surface area contributed by atoms with Crippen LogP contribution in [0.3, 0.4) is 0 Å². The number of hydrogen-bond acceptors (Lipinski definition) is 5. The van der Waals surface area contributed by atoms with Crippen molar-refractivity contribution in [3.63, 3.8) is 0 Å². The maximum Gasteiger partial charge on any atom is 0.357 e. The molecule has 2 aromatic carbocycles. The highest BCUT2D eigenvalue weighted by Gasteiger charge is 2.50.